The van der Waals surface area contributed by atoms with E-state index in [-0.39, 0.29) is 0 Å². The maximum absolute atomic E-state index is 5.66. The van der Waals surface area contributed by atoms with Gasteiger partial charge in [-0.05, 0) is 32.2 Å². The van der Waals surface area contributed by atoms with Crippen LogP contribution < -0.4 is 10.6 Å². The van der Waals surface area contributed by atoms with Crippen molar-refractivity contribution in [2.75, 3.05) is 24.5 Å². The molecule has 1 fully saturated rings. The van der Waals surface area contributed by atoms with E-state index in [1.54, 1.807) is 0 Å². The van der Waals surface area contributed by atoms with E-state index in [9.17, 15) is 0 Å². The molecule has 1 aromatic carbocycles. The van der Waals surface area contributed by atoms with E-state index in [4.69, 9.17) is 5.73 Å². The molecule has 4 nitrogen and oxygen atoms in total. The fourth-order valence-electron chi connectivity index (χ4n) is 2.95. The van der Waals surface area contributed by atoms with Crippen molar-refractivity contribution in [2.24, 2.45) is 11.7 Å². The average Bonchev–Trinajstić information content (AvgIpc) is 2.88. The molecule has 100 valence electrons. The third-order valence-electron chi connectivity index (χ3n) is 4.01. The van der Waals surface area contributed by atoms with Gasteiger partial charge in [-0.15, -0.1) is 5.10 Å². The van der Waals surface area contributed by atoms with Crippen molar-refractivity contribution in [1.29, 1.82) is 0 Å². The summed E-state index contributed by atoms with van der Waals surface area (Å²) in [5, 5.41) is 11.1. The van der Waals surface area contributed by atoms with Gasteiger partial charge in [-0.3, -0.25) is 0 Å². The number of benzene rings is 1. The summed E-state index contributed by atoms with van der Waals surface area (Å²) in [7, 11) is 0. The number of aryl methyl sites for hydroxylation is 1. The maximum atomic E-state index is 5.66. The lowest BCUT2D eigenvalue weighted by molar-refractivity contribution is 0.546. The molecule has 0 saturated carbocycles. The zero-order valence-electron chi connectivity index (χ0n) is 11.3. The van der Waals surface area contributed by atoms with Crippen LogP contribution >= 0.6 is 0 Å². The normalized spacial score (nSPS) is 19.3. The zero-order valence-corrected chi connectivity index (χ0v) is 11.3. The predicted molar refractivity (Wildman–Crippen MR) is 78.3 cm³/mol. The van der Waals surface area contributed by atoms with Gasteiger partial charge in [0, 0.05) is 23.9 Å². The summed E-state index contributed by atoms with van der Waals surface area (Å²) in [5.41, 5.74) is 6.65. The molecule has 0 spiro atoms. The summed E-state index contributed by atoms with van der Waals surface area (Å²) >= 11 is 0. The summed E-state index contributed by atoms with van der Waals surface area (Å²) in [6.07, 6.45) is 2.31. The molecular weight excluding hydrogens is 236 g/mol. The van der Waals surface area contributed by atoms with Crippen LogP contribution in [0.3, 0.4) is 0 Å². The van der Waals surface area contributed by atoms with E-state index >= 15 is 0 Å². The first-order valence-electron chi connectivity index (χ1n) is 6.96. The van der Waals surface area contributed by atoms with Crippen molar-refractivity contribution in [1.82, 2.24) is 10.2 Å². The van der Waals surface area contributed by atoms with Crippen molar-refractivity contribution in [3.05, 3.63) is 30.0 Å². The molecule has 4 heteroatoms. The van der Waals surface area contributed by atoms with E-state index in [1.807, 2.05) is 6.92 Å². The number of hydrogen-bond donors (Lipinski definition) is 1. The molecule has 0 radical (unpaired) electrons. The minimum Gasteiger partial charge on any atom is -0.354 e. The minimum absolute atomic E-state index is 0.701. The second kappa shape index (κ2) is 5.13. The fraction of sp³-hybridized carbons (Fsp3) is 0.467. The molecule has 1 unspecified atom stereocenters. The molecule has 2 aromatic rings. The maximum Gasteiger partial charge on any atom is 0.159 e. The summed E-state index contributed by atoms with van der Waals surface area (Å²) in [4.78, 5) is 2.36. The largest absolute Gasteiger partial charge is 0.354 e. The number of anilines is 1. The topological polar surface area (TPSA) is 55.0 Å². The van der Waals surface area contributed by atoms with Gasteiger partial charge in [-0.1, -0.05) is 24.3 Å². The molecule has 1 aliphatic heterocycles. The van der Waals surface area contributed by atoms with Crippen molar-refractivity contribution >= 4 is 16.6 Å². The summed E-state index contributed by atoms with van der Waals surface area (Å²) < 4.78 is 0. The van der Waals surface area contributed by atoms with Gasteiger partial charge in [0.15, 0.2) is 5.82 Å². The smallest absolute Gasteiger partial charge is 0.159 e. The first-order valence-corrected chi connectivity index (χ1v) is 6.96. The number of nitrogens with two attached hydrogens (primary N) is 1. The number of hydrogen-bond acceptors (Lipinski definition) is 4. The Morgan fingerprint density at radius 1 is 1.26 bits per heavy atom. The predicted octanol–water partition coefficient (Wildman–Crippen LogP) is 2.11. The first-order chi connectivity index (χ1) is 9.29. The minimum atomic E-state index is 0.701. The Kier molecular flexibility index (Phi) is 3.34. The van der Waals surface area contributed by atoms with Crippen LogP contribution in [0.25, 0.3) is 10.8 Å². The van der Waals surface area contributed by atoms with Crippen LogP contribution in [0, 0.1) is 12.8 Å². The van der Waals surface area contributed by atoms with Crippen molar-refractivity contribution in [3.63, 3.8) is 0 Å². The molecule has 1 saturated heterocycles. The van der Waals surface area contributed by atoms with Gasteiger partial charge in [0.2, 0.25) is 0 Å². The number of nitrogens with zero attached hydrogens (tertiary/aromatic N) is 3. The Hall–Kier alpha value is -1.68. The summed E-state index contributed by atoms with van der Waals surface area (Å²) in [6, 6.07) is 8.39. The molecule has 1 aliphatic rings. The third-order valence-corrected chi connectivity index (χ3v) is 4.01. The van der Waals surface area contributed by atoms with Crippen LogP contribution in [0.15, 0.2) is 24.3 Å². The third kappa shape index (κ3) is 2.28. The molecule has 1 atom stereocenters. The van der Waals surface area contributed by atoms with E-state index in [0.717, 1.165) is 37.6 Å². The molecule has 0 amide bonds. The van der Waals surface area contributed by atoms with Crippen LogP contribution in [0.5, 0.6) is 0 Å². The Morgan fingerprint density at radius 3 is 2.84 bits per heavy atom. The summed E-state index contributed by atoms with van der Waals surface area (Å²) in [6.45, 7) is 4.91. The molecular formula is C15H20N4. The van der Waals surface area contributed by atoms with Crippen LogP contribution in [0.1, 0.15) is 18.5 Å². The molecule has 3 rings (SSSR count). The van der Waals surface area contributed by atoms with E-state index in [0.29, 0.717) is 5.92 Å². The molecule has 2 N–H and O–H groups in total. The molecule has 0 bridgehead atoms. The van der Waals surface area contributed by atoms with E-state index in [1.165, 1.54) is 17.2 Å². The molecule has 0 aliphatic carbocycles. The summed E-state index contributed by atoms with van der Waals surface area (Å²) in [5.74, 6) is 1.73. The SMILES string of the molecule is Cc1nnc(N2CCC(CCN)C2)c2ccccc12. The second-order valence-electron chi connectivity index (χ2n) is 5.33. The average molecular weight is 256 g/mol. The van der Waals surface area contributed by atoms with Gasteiger partial charge in [-0.25, -0.2) is 0 Å². The Labute approximate surface area is 113 Å². The van der Waals surface area contributed by atoms with Crippen molar-refractivity contribution < 1.29 is 0 Å². The van der Waals surface area contributed by atoms with E-state index in [2.05, 4.69) is 39.4 Å². The lowest BCUT2D eigenvalue weighted by Gasteiger charge is -2.19. The van der Waals surface area contributed by atoms with Gasteiger partial charge >= 0.3 is 0 Å². The van der Waals surface area contributed by atoms with Crippen LogP contribution in [-0.2, 0) is 0 Å². The first kappa shape index (κ1) is 12.4. The second-order valence-corrected chi connectivity index (χ2v) is 5.33. The van der Waals surface area contributed by atoms with Gasteiger partial charge in [0.05, 0.1) is 5.69 Å². The highest BCUT2D eigenvalue weighted by atomic mass is 15.3. The lowest BCUT2D eigenvalue weighted by Crippen LogP contribution is -2.22. The highest BCUT2D eigenvalue weighted by Gasteiger charge is 2.24. The molecule has 2 heterocycles. The quantitative estimate of drug-likeness (QED) is 0.914. The Balaban J connectivity index is 1.96. The van der Waals surface area contributed by atoms with E-state index < -0.39 is 0 Å². The Bertz CT molecular complexity index is 581. The lowest BCUT2D eigenvalue weighted by atomic mass is 10.1. The fourth-order valence-corrected chi connectivity index (χ4v) is 2.95. The van der Waals surface area contributed by atoms with Gasteiger partial charge in [-0.2, -0.15) is 5.10 Å². The van der Waals surface area contributed by atoms with Gasteiger partial charge < -0.3 is 10.6 Å². The van der Waals surface area contributed by atoms with Crippen LogP contribution in [0.2, 0.25) is 0 Å². The standard InChI is InChI=1S/C15H20N4/c1-11-13-4-2-3-5-14(13)15(18-17-11)19-9-7-12(10-19)6-8-16/h2-5,12H,6-10,16H2,1H3. The molecule has 1 aromatic heterocycles. The Morgan fingerprint density at radius 2 is 2.05 bits per heavy atom. The molecule has 19 heavy (non-hydrogen) atoms. The number of fused-ring (bicyclic) bond motifs is 1. The highest BCUT2D eigenvalue weighted by molar-refractivity contribution is 5.93. The highest BCUT2D eigenvalue weighted by Crippen LogP contribution is 2.30. The van der Waals surface area contributed by atoms with Gasteiger partial charge in [0.25, 0.3) is 0 Å². The zero-order chi connectivity index (χ0) is 13.2. The van der Waals surface area contributed by atoms with Gasteiger partial charge in [0.1, 0.15) is 0 Å². The van der Waals surface area contributed by atoms with Crippen molar-refractivity contribution in [3.8, 4) is 0 Å². The number of aromatic nitrogens is 2. The van der Waals surface area contributed by atoms with Crippen molar-refractivity contribution in [2.45, 2.75) is 19.8 Å². The van der Waals surface area contributed by atoms with Crippen LogP contribution in [-0.4, -0.2) is 29.8 Å². The monoisotopic (exact) mass is 256 g/mol. The van der Waals surface area contributed by atoms with Crippen LogP contribution in [0.4, 0.5) is 5.82 Å². The number of rotatable bonds is 3.